The molecular weight excluding hydrogens is 310 g/mol. The van der Waals surface area contributed by atoms with Gasteiger partial charge in [-0.1, -0.05) is 35.9 Å². The Kier molecular flexibility index (Phi) is 5.71. The van der Waals surface area contributed by atoms with Gasteiger partial charge in [0.25, 0.3) is 5.91 Å². The van der Waals surface area contributed by atoms with Gasteiger partial charge in [0, 0.05) is 50.5 Å². The molecule has 0 atom stereocenters. The first-order valence-corrected chi connectivity index (χ1v) is 9.01. The Morgan fingerprint density at radius 3 is 2.44 bits per heavy atom. The largest absolute Gasteiger partial charge is 0.369 e. The molecule has 0 saturated carbocycles. The molecular formula is C21H27N3O. The van der Waals surface area contributed by atoms with Gasteiger partial charge in [-0.15, -0.1) is 0 Å². The van der Waals surface area contributed by atoms with Crippen molar-refractivity contribution in [3.8, 4) is 0 Å². The minimum absolute atomic E-state index is 0.0316. The first-order valence-electron chi connectivity index (χ1n) is 9.01. The number of piperazine rings is 1. The van der Waals surface area contributed by atoms with Crippen LogP contribution in [0.1, 0.15) is 21.5 Å². The van der Waals surface area contributed by atoms with Crippen LogP contribution >= 0.6 is 0 Å². The molecule has 1 fully saturated rings. The summed E-state index contributed by atoms with van der Waals surface area (Å²) in [6.07, 6.45) is 0. The Balaban J connectivity index is 1.43. The number of hydrogen-bond acceptors (Lipinski definition) is 3. The maximum Gasteiger partial charge on any atom is 0.251 e. The lowest BCUT2D eigenvalue weighted by Gasteiger charge is -2.36. The first kappa shape index (κ1) is 17.5. The summed E-state index contributed by atoms with van der Waals surface area (Å²) in [5.41, 5.74) is 4.23. The zero-order valence-electron chi connectivity index (χ0n) is 15.2. The highest BCUT2D eigenvalue weighted by molar-refractivity contribution is 5.95. The van der Waals surface area contributed by atoms with Gasteiger partial charge in [0.15, 0.2) is 0 Å². The fourth-order valence-electron chi connectivity index (χ4n) is 3.27. The highest BCUT2D eigenvalue weighted by atomic mass is 16.1. The second kappa shape index (κ2) is 8.17. The average Bonchev–Trinajstić information content (AvgIpc) is 2.65. The molecule has 4 nitrogen and oxygen atoms in total. The number of carbonyl (C=O) groups is 1. The molecule has 1 amide bonds. The van der Waals surface area contributed by atoms with Gasteiger partial charge < -0.3 is 10.2 Å². The van der Waals surface area contributed by atoms with E-state index in [0.29, 0.717) is 6.54 Å². The Morgan fingerprint density at radius 2 is 1.72 bits per heavy atom. The van der Waals surface area contributed by atoms with E-state index in [1.165, 1.54) is 5.69 Å². The van der Waals surface area contributed by atoms with Crippen molar-refractivity contribution in [2.24, 2.45) is 0 Å². The Hall–Kier alpha value is -2.33. The van der Waals surface area contributed by atoms with Crippen molar-refractivity contribution in [2.45, 2.75) is 13.8 Å². The van der Waals surface area contributed by atoms with Gasteiger partial charge in [0.05, 0.1) is 0 Å². The fraction of sp³-hybridized carbons (Fsp3) is 0.381. The van der Waals surface area contributed by atoms with E-state index in [2.05, 4.69) is 45.4 Å². The summed E-state index contributed by atoms with van der Waals surface area (Å²) >= 11 is 0. The smallest absolute Gasteiger partial charge is 0.251 e. The molecule has 0 radical (unpaired) electrons. The summed E-state index contributed by atoms with van der Waals surface area (Å²) in [4.78, 5) is 17.2. The minimum atomic E-state index is 0.0316. The number of aryl methyl sites for hydroxylation is 2. The fourth-order valence-corrected chi connectivity index (χ4v) is 3.27. The van der Waals surface area contributed by atoms with Crippen molar-refractivity contribution in [2.75, 3.05) is 44.2 Å². The first-order chi connectivity index (χ1) is 12.1. The molecule has 0 aromatic heterocycles. The van der Waals surface area contributed by atoms with Crippen LogP contribution in [0.4, 0.5) is 5.69 Å². The minimum Gasteiger partial charge on any atom is -0.369 e. The molecule has 1 aliphatic rings. The van der Waals surface area contributed by atoms with Crippen molar-refractivity contribution in [1.29, 1.82) is 0 Å². The van der Waals surface area contributed by atoms with Gasteiger partial charge in [-0.05, 0) is 37.6 Å². The van der Waals surface area contributed by atoms with Crippen LogP contribution in [0.15, 0.2) is 48.5 Å². The van der Waals surface area contributed by atoms with Gasteiger partial charge in [-0.25, -0.2) is 0 Å². The molecule has 2 aromatic carbocycles. The Morgan fingerprint density at radius 1 is 1.00 bits per heavy atom. The number of hydrogen-bond donors (Lipinski definition) is 1. The molecule has 4 heteroatoms. The van der Waals surface area contributed by atoms with E-state index in [1.807, 2.05) is 32.0 Å². The number of benzene rings is 2. The van der Waals surface area contributed by atoms with Crippen LogP contribution in [0.5, 0.6) is 0 Å². The van der Waals surface area contributed by atoms with Gasteiger partial charge in [0.1, 0.15) is 0 Å². The average molecular weight is 337 g/mol. The lowest BCUT2D eigenvalue weighted by atomic mass is 10.1. The predicted octanol–water partition coefficient (Wildman–Crippen LogP) is 2.86. The number of nitrogens with one attached hydrogen (secondary N) is 1. The zero-order chi connectivity index (χ0) is 17.6. The van der Waals surface area contributed by atoms with Crippen LogP contribution < -0.4 is 10.2 Å². The number of nitrogens with zero attached hydrogens (tertiary/aromatic N) is 2. The third-order valence-electron chi connectivity index (χ3n) is 4.84. The summed E-state index contributed by atoms with van der Waals surface area (Å²) in [7, 11) is 0. The van der Waals surface area contributed by atoms with Gasteiger partial charge in [0.2, 0.25) is 0 Å². The molecule has 0 aliphatic carbocycles. The molecule has 132 valence electrons. The number of anilines is 1. The molecule has 1 saturated heterocycles. The van der Waals surface area contributed by atoms with E-state index < -0.39 is 0 Å². The number of para-hydroxylation sites is 1. The van der Waals surface area contributed by atoms with Crippen LogP contribution in [0.3, 0.4) is 0 Å². The van der Waals surface area contributed by atoms with E-state index in [0.717, 1.165) is 49.4 Å². The van der Waals surface area contributed by atoms with Crippen molar-refractivity contribution in [3.05, 3.63) is 65.2 Å². The zero-order valence-corrected chi connectivity index (χ0v) is 15.2. The second-order valence-corrected chi connectivity index (χ2v) is 6.74. The van der Waals surface area contributed by atoms with Crippen molar-refractivity contribution >= 4 is 11.6 Å². The molecule has 1 aliphatic heterocycles. The number of rotatable bonds is 5. The van der Waals surface area contributed by atoms with Gasteiger partial charge >= 0.3 is 0 Å². The quantitative estimate of drug-likeness (QED) is 0.911. The Bertz CT molecular complexity index is 706. The van der Waals surface area contributed by atoms with Crippen LogP contribution in [0, 0.1) is 13.8 Å². The highest BCUT2D eigenvalue weighted by Crippen LogP contribution is 2.15. The lowest BCUT2D eigenvalue weighted by molar-refractivity contribution is 0.0947. The van der Waals surface area contributed by atoms with E-state index in [-0.39, 0.29) is 5.91 Å². The summed E-state index contributed by atoms with van der Waals surface area (Å²) in [5, 5.41) is 3.06. The van der Waals surface area contributed by atoms with Gasteiger partial charge in [-0.2, -0.15) is 0 Å². The summed E-state index contributed by atoms with van der Waals surface area (Å²) < 4.78 is 0. The van der Waals surface area contributed by atoms with Crippen LogP contribution in [0.2, 0.25) is 0 Å². The van der Waals surface area contributed by atoms with Crippen molar-refractivity contribution in [1.82, 2.24) is 10.2 Å². The molecule has 3 rings (SSSR count). The summed E-state index contributed by atoms with van der Waals surface area (Å²) in [6.45, 7) is 9.74. The number of amides is 1. The monoisotopic (exact) mass is 337 g/mol. The standard InChI is InChI=1S/C21H27N3O/c1-17-8-9-18(2)20(16-17)21(25)22-10-11-23-12-14-24(15-13-23)19-6-4-3-5-7-19/h3-9,16H,10-15H2,1-2H3,(H,22,25). The third kappa shape index (κ3) is 4.60. The third-order valence-corrected chi connectivity index (χ3v) is 4.84. The van der Waals surface area contributed by atoms with Crippen LogP contribution in [0.25, 0.3) is 0 Å². The van der Waals surface area contributed by atoms with E-state index >= 15 is 0 Å². The maximum absolute atomic E-state index is 12.4. The van der Waals surface area contributed by atoms with Crippen LogP contribution in [-0.2, 0) is 0 Å². The number of carbonyl (C=O) groups excluding carboxylic acids is 1. The molecule has 0 unspecified atom stereocenters. The van der Waals surface area contributed by atoms with E-state index in [4.69, 9.17) is 0 Å². The molecule has 1 heterocycles. The van der Waals surface area contributed by atoms with Crippen LogP contribution in [-0.4, -0.2) is 50.1 Å². The topological polar surface area (TPSA) is 35.6 Å². The summed E-state index contributed by atoms with van der Waals surface area (Å²) in [6, 6.07) is 16.6. The molecule has 0 spiro atoms. The molecule has 2 aromatic rings. The molecule has 25 heavy (non-hydrogen) atoms. The molecule has 0 bridgehead atoms. The molecule has 1 N–H and O–H groups in total. The van der Waals surface area contributed by atoms with Crippen molar-refractivity contribution in [3.63, 3.8) is 0 Å². The van der Waals surface area contributed by atoms with E-state index in [1.54, 1.807) is 0 Å². The Labute approximate surface area is 150 Å². The highest BCUT2D eigenvalue weighted by Gasteiger charge is 2.17. The SMILES string of the molecule is Cc1ccc(C)c(C(=O)NCCN2CCN(c3ccccc3)CC2)c1. The predicted molar refractivity (Wildman–Crippen MR) is 103 cm³/mol. The maximum atomic E-state index is 12.4. The van der Waals surface area contributed by atoms with E-state index in [9.17, 15) is 4.79 Å². The summed E-state index contributed by atoms with van der Waals surface area (Å²) in [5.74, 6) is 0.0316. The van der Waals surface area contributed by atoms with Crippen molar-refractivity contribution < 1.29 is 4.79 Å². The normalized spacial score (nSPS) is 15.2. The second-order valence-electron chi connectivity index (χ2n) is 6.74. The lowest BCUT2D eigenvalue weighted by Crippen LogP contribution is -2.48. The van der Waals surface area contributed by atoms with Gasteiger partial charge in [-0.3, -0.25) is 9.69 Å².